The van der Waals surface area contributed by atoms with Gasteiger partial charge in [0, 0.05) is 12.1 Å². The first-order valence-corrected chi connectivity index (χ1v) is 11.6. The van der Waals surface area contributed by atoms with Gasteiger partial charge in [-0.15, -0.1) is 0 Å². The van der Waals surface area contributed by atoms with Gasteiger partial charge in [-0.25, -0.2) is 13.9 Å². The van der Waals surface area contributed by atoms with Gasteiger partial charge in [0.05, 0.1) is 22.8 Å². The van der Waals surface area contributed by atoms with Gasteiger partial charge in [-0.1, -0.05) is 54.6 Å². The third-order valence-electron chi connectivity index (χ3n) is 5.25. The van der Waals surface area contributed by atoms with Gasteiger partial charge in [0.25, 0.3) is 15.9 Å². The van der Waals surface area contributed by atoms with Crippen molar-refractivity contribution in [2.75, 3.05) is 16.2 Å². The fourth-order valence-electron chi connectivity index (χ4n) is 3.70. The van der Waals surface area contributed by atoms with Crippen molar-refractivity contribution in [2.24, 2.45) is 0 Å². The van der Waals surface area contributed by atoms with Crippen LogP contribution in [0.3, 0.4) is 0 Å². The number of anilines is 2. The molecule has 7 nitrogen and oxygen atoms in total. The van der Waals surface area contributed by atoms with E-state index in [1.165, 1.54) is 10.4 Å². The number of benzene rings is 3. The lowest BCUT2D eigenvalue weighted by Crippen LogP contribution is -2.45. The molecule has 0 radical (unpaired) electrons. The smallest absolute Gasteiger partial charge is 0.267 e. The summed E-state index contributed by atoms with van der Waals surface area (Å²) in [7, 11) is -3.70. The molecule has 4 rings (SSSR count). The van der Waals surface area contributed by atoms with E-state index in [1.807, 2.05) is 48.5 Å². The van der Waals surface area contributed by atoms with E-state index < -0.39 is 15.9 Å². The summed E-state index contributed by atoms with van der Waals surface area (Å²) in [5.41, 5.74) is 4.80. The summed E-state index contributed by atoms with van der Waals surface area (Å²) in [5.74, 6) is -0.598. The average Bonchev–Trinajstić information content (AvgIpc) is 2.83. The molecule has 0 spiro atoms. The SMILES string of the molecule is O=C(/C=C/c1ccc(CC2CN(S(=O)(=O)c3ccccc3)c3ccccc3N2)cc1)NO. The number of sulfonamides is 1. The van der Waals surface area contributed by atoms with E-state index in [0.717, 1.165) is 16.8 Å². The quantitative estimate of drug-likeness (QED) is 0.304. The van der Waals surface area contributed by atoms with Crippen LogP contribution in [0.25, 0.3) is 6.08 Å². The van der Waals surface area contributed by atoms with Crippen LogP contribution in [-0.2, 0) is 21.2 Å². The van der Waals surface area contributed by atoms with Gasteiger partial charge in [-0.2, -0.15) is 0 Å². The topological polar surface area (TPSA) is 98.7 Å². The predicted octanol–water partition coefficient (Wildman–Crippen LogP) is 3.44. The lowest BCUT2D eigenvalue weighted by Gasteiger charge is -2.36. The maximum Gasteiger partial charge on any atom is 0.267 e. The minimum absolute atomic E-state index is 0.120. The maximum absolute atomic E-state index is 13.4. The second-order valence-corrected chi connectivity index (χ2v) is 9.33. The Labute approximate surface area is 187 Å². The normalized spacial score (nSPS) is 15.8. The average molecular weight is 450 g/mol. The van der Waals surface area contributed by atoms with Gasteiger partial charge in [-0.3, -0.25) is 14.3 Å². The molecule has 32 heavy (non-hydrogen) atoms. The lowest BCUT2D eigenvalue weighted by molar-refractivity contribution is -0.124. The van der Waals surface area contributed by atoms with Crippen molar-refractivity contribution in [3.05, 3.63) is 96.1 Å². The van der Waals surface area contributed by atoms with Gasteiger partial charge in [0.15, 0.2) is 0 Å². The molecule has 0 fully saturated rings. The van der Waals surface area contributed by atoms with E-state index in [1.54, 1.807) is 41.9 Å². The molecule has 3 aromatic carbocycles. The fraction of sp³-hybridized carbons (Fsp3) is 0.125. The van der Waals surface area contributed by atoms with E-state index in [9.17, 15) is 13.2 Å². The number of hydrogen-bond donors (Lipinski definition) is 3. The highest BCUT2D eigenvalue weighted by atomic mass is 32.2. The Bertz CT molecular complexity index is 1230. The number of rotatable bonds is 6. The number of para-hydroxylation sites is 2. The van der Waals surface area contributed by atoms with Gasteiger partial charge >= 0.3 is 0 Å². The van der Waals surface area contributed by atoms with Crippen molar-refractivity contribution in [1.29, 1.82) is 0 Å². The molecule has 3 aromatic rings. The monoisotopic (exact) mass is 449 g/mol. The second-order valence-electron chi connectivity index (χ2n) is 7.46. The molecule has 164 valence electrons. The van der Waals surface area contributed by atoms with Crippen LogP contribution in [0.4, 0.5) is 11.4 Å². The Balaban J connectivity index is 1.57. The molecular formula is C24H23N3O4S. The number of nitrogens with zero attached hydrogens (tertiary/aromatic N) is 1. The summed E-state index contributed by atoms with van der Waals surface area (Å²) in [5, 5.41) is 12.0. The van der Waals surface area contributed by atoms with E-state index in [-0.39, 0.29) is 10.9 Å². The van der Waals surface area contributed by atoms with Crippen molar-refractivity contribution < 1.29 is 18.4 Å². The molecule has 1 aliphatic rings. The minimum Gasteiger partial charge on any atom is -0.378 e. The van der Waals surface area contributed by atoms with Crippen molar-refractivity contribution in [1.82, 2.24) is 5.48 Å². The van der Waals surface area contributed by atoms with Crippen LogP contribution >= 0.6 is 0 Å². The summed E-state index contributed by atoms with van der Waals surface area (Å²) >= 11 is 0. The zero-order valence-electron chi connectivity index (χ0n) is 17.2. The van der Waals surface area contributed by atoms with Gasteiger partial charge < -0.3 is 5.32 Å². The van der Waals surface area contributed by atoms with Gasteiger partial charge in [-0.05, 0) is 47.9 Å². The highest BCUT2D eigenvalue weighted by molar-refractivity contribution is 7.92. The number of carbonyl (C=O) groups excluding carboxylic acids is 1. The Hall–Kier alpha value is -3.62. The Morgan fingerprint density at radius 3 is 2.44 bits per heavy atom. The first-order chi connectivity index (χ1) is 15.5. The fourth-order valence-corrected chi connectivity index (χ4v) is 5.25. The first-order valence-electron chi connectivity index (χ1n) is 10.1. The van der Waals surface area contributed by atoms with E-state index in [4.69, 9.17) is 5.21 Å². The van der Waals surface area contributed by atoms with Crippen molar-refractivity contribution in [3.63, 3.8) is 0 Å². The third kappa shape index (κ3) is 4.66. The highest BCUT2D eigenvalue weighted by Crippen LogP contribution is 2.35. The molecule has 0 aliphatic carbocycles. The Morgan fingerprint density at radius 1 is 1.03 bits per heavy atom. The Kier molecular flexibility index (Phi) is 6.25. The minimum atomic E-state index is -3.70. The number of hydroxylamine groups is 1. The lowest BCUT2D eigenvalue weighted by atomic mass is 10.0. The molecule has 0 bridgehead atoms. The molecule has 0 saturated heterocycles. The number of nitrogens with one attached hydrogen (secondary N) is 2. The number of amides is 1. The number of carbonyl (C=O) groups is 1. The number of hydrogen-bond acceptors (Lipinski definition) is 5. The molecule has 0 saturated carbocycles. The summed E-state index contributed by atoms with van der Waals surface area (Å²) < 4.78 is 28.2. The Morgan fingerprint density at radius 2 is 1.72 bits per heavy atom. The first kappa shape index (κ1) is 21.6. The largest absolute Gasteiger partial charge is 0.378 e. The standard InChI is InChI=1S/C24H23N3O4S/c28-24(26-29)15-14-18-10-12-19(13-11-18)16-20-17-27(23-9-5-4-8-22(23)25-20)32(30,31)21-6-2-1-3-7-21/h1-15,20,25,29H,16-17H2,(H,26,28)/b15-14+. The predicted molar refractivity (Wildman–Crippen MR) is 124 cm³/mol. The molecule has 1 aliphatic heterocycles. The highest BCUT2D eigenvalue weighted by Gasteiger charge is 2.32. The molecule has 3 N–H and O–H groups in total. The van der Waals surface area contributed by atoms with Crippen LogP contribution in [0.5, 0.6) is 0 Å². The van der Waals surface area contributed by atoms with Crippen LogP contribution in [0.1, 0.15) is 11.1 Å². The van der Waals surface area contributed by atoms with Crippen molar-refractivity contribution in [3.8, 4) is 0 Å². The number of fused-ring (bicyclic) bond motifs is 1. The molecule has 1 amide bonds. The molecule has 8 heteroatoms. The van der Waals surface area contributed by atoms with Crippen LogP contribution in [-0.4, -0.2) is 32.1 Å². The maximum atomic E-state index is 13.4. The van der Waals surface area contributed by atoms with Gasteiger partial charge in [0.1, 0.15) is 0 Å². The van der Waals surface area contributed by atoms with E-state index in [0.29, 0.717) is 18.7 Å². The molecule has 0 aromatic heterocycles. The second kappa shape index (κ2) is 9.25. The van der Waals surface area contributed by atoms with Gasteiger partial charge in [0.2, 0.25) is 0 Å². The third-order valence-corrected chi connectivity index (χ3v) is 7.04. The van der Waals surface area contributed by atoms with Crippen LogP contribution < -0.4 is 15.1 Å². The summed E-state index contributed by atoms with van der Waals surface area (Å²) in [6, 6.07) is 23.3. The molecule has 1 heterocycles. The zero-order valence-corrected chi connectivity index (χ0v) is 18.0. The molecule has 1 unspecified atom stereocenters. The van der Waals surface area contributed by atoms with E-state index >= 15 is 0 Å². The van der Waals surface area contributed by atoms with Crippen LogP contribution in [0, 0.1) is 0 Å². The molecular weight excluding hydrogens is 426 g/mol. The summed E-state index contributed by atoms with van der Waals surface area (Å²) in [6.07, 6.45) is 3.45. The zero-order chi connectivity index (χ0) is 22.6. The summed E-state index contributed by atoms with van der Waals surface area (Å²) in [4.78, 5) is 11.4. The van der Waals surface area contributed by atoms with Crippen molar-refractivity contribution >= 4 is 33.4 Å². The van der Waals surface area contributed by atoms with E-state index in [2.05, 4.69) is 5.32 Å². The molecule has 1 atom stereocenters. The summed E-state index contributed by atoms with van der Waals surface area (Å²) in [6.45, 7) is 0.298. The van der Waals surface area contributed by atoms with Crippen molar-refractivity contribution in [2.45, 2.75) is 17.4 Å². The van der Waals surface area contributed by atoms with Crippen LogP contribution in [0.2, 0.25) is 0 Å². The van der Waals surface area contributed by atoms with Crippen LogP contribution in [0.15, 0.2) is 89.8 Å².